The van der Waals surface area contributed by atoms with E-state index in [1.54, 1.807) is 36.5 Å². The Morgan fingerprint density at radius 1 is 0.774 bits per heavy atom. The van der Waals surface area contributed by atoms with Crippen molar-refractivity contribution in [3.05, 3.63) is 113 Å². The second kappa shape index (κ2) is 9.06. The van der Waals surface area contributed by atoms with Gasteiger partial charge in [0.25, 0.3) is 5.91 Å². The Labute approximate surface area is 183 Å². The van der Waals surface area contributed by atoms with E-state index in [9.17, 15) is 13.6 Å². The number of benzene rings is 3. The molecule has 4 aromatic rings. The SMILES string of the molecule is O=C(NCc1ccc(-c2ccc(F)cc2)cc1[ClH2+2])c1cncc(-c2ccc(F)cc2)c1. The second-order valence-corrected chi connectivity index (χ2v) is 7.48. The van der Waals surface area contributed by atoms with Crippen LogP contribution in [0.2, 0.25) is 5.02 Å². The molecule has 0 bridgehead atoms. The van der Waals surface area contributed by atoms with E-state index in [2.05, 4.69) is 21.9 Å². The quantitative estimate of drug-likeness (QED) is 0.475. The van der Waals surface area contributed by atoms with Crippen molar-refractivity contribution in [1.29, 1.82) is 0 Å². The van der Waals surface area contributed by atoms with E-state index in [-0.39, 0.29) is 17.5 Å². The molecule has 154 valence electrons. The van der Waals surface area contributed by atoms with Crippen LogP contribution in [0.4, 0.5) is 8.78 Å². The molecule has 6 heteroatoms. The summed E-state index contributed by atoms with van der Waals surface area (Å²) in [5.74, 6) is -0.877. The molecule has 0 atom stereocenters. The van der Waals surface area contributed by atoms with Gasteiger partial charge in [0.15, 0.2) is 0 Å². The topological polar surface area (TPSA) is 42.0 Å². The van der Waals surface area contributed by atoms with Gasteiger partial charge in [-0.3, -0.25) is 9.78 Å². The molecule has 0 saturated carbocycles. The van der Waals surface area contributed by atoms with E-state index in [1.807, 2.05) is 18.2 Å². The van der Waals surface area contributed by atoms with Crippen LogP contribution in [-0.2, 0) is 6.54 Å². The van der Waals surface area contributed by atoms with Crippen molar-refractivity contribution >= 4 is 5.91 Å². The molecule has 1 heterocycles. The van der Waals surface area contributed by atoms with E-state index in [0.717, 1.165) is 32.8 Å². The number of nitrogens with one attached hydrogen (secondary N) is 1. The minimum Gasteiger partial charge on any atom is -0.347 e. The molecule has 0 aliphatic heterocycles. The third kappa shape index (κ3) is 4.95. The average Bonchev–Trinajstić information content (AvgIpc) is 2.79. The van der Waals surface area contributed by atoms with E-state index in [1.165, 1.54) is 30.5 Å². The van der Waals surface area contributed by atoms with Crippen molar-refractivity contribution < 1.29 is 25.2 Å². The predicted molar refractivity (Wildman–Crippen MR) is 115 cm³/mol. The highest BCUT2D eigenvalue weighted by atomic mass is 35.5. The zero-order valence-corrected chi connectivity index (χ0v) is 17.2. The van der Waals surface area contributed by atoms with Crippen LogP contribution in [0.1, 0.15) is 15.9 Å². The van der Waals surface area contributed by atoms with Crippen molar-refractivity contribution in [1.82, 2.24) is 10.3 Å². The number of carbonyl (C=O) groups is 1. The summed E-state index contributed by atoms with van der Waals surface area (Å²) in [6, 6.07) is 19.7. The van der Waals surface area contributed by atoms with Crippen LogP contribution < -0.4 is 5.32 Å². The molecule has 1 N–H and O–H groups in total. The van der Waals surface area contributed by atoms with Crippen molar-refractivity contribution in [3.8, 4) is 22.3 Å². The van der Waals surface area contributed by atoms with Crippen LogP contribution in [0.25, 0.3) is 22.3 Å². The van der Waals surface area contributed by atoms with E-state index < -0.39 is 0 Å². The minimum absolute atomic E-state index is 0.271. The summed E-state index contributed by atoms with van der Waals surface area (Å²) in [4.78, 5) is 16.7. The Bertz CT molecular complexity index is 1230. The van der Waals surface area contributed by atoms with Crippen molar-refractivity contribution in [2.75, 3.05) is 0 Å². The first-order valence-corrected chi connectivity index (χ1v) is 10.0. The van der Waals surface area contributed by atoms with Gasteiger partial charge >= 0.3 is 5.02 Å². The first kappa shape index (κ1) is 20.7. The van der Waals surface area contributed by atoms with E-state index in [4.69, 9.17) is 0 Å². The van der Waals surface area contributed by atoms with Gasteiger partial charge in [-0.05, 0) is 53.1 Å². The predicted octanol–water partition coefficient (Wildman–Crippen LogP) is 5.05. The van der Waals surface area contributed by atoms with Crippen molar-refractivity contribution in [2.24, 2.45) is 0 Å². The smallest absolute Gasteiger partial charge is 0.328 e. The van der Waals surface area contributed by atoms with Gasteiger partial charge in [0.05, 0.1) is 23.7 Å². The maximum absolute atomic E-state index is 13.1. The molecule has 4 rings (SSSR count). The summed E-state index contributed by atoms with van der Waals surface area (Å²) in [6.07, 6.45) is 3.12. The lowest BCUT2D eigenvalue weighted by Gasteiger charge is -2.07. The molecule has 1 amide bonds. The summed E-state index contributed by atoms with van der Waals surface area (Å²) in [5.41, 5.74) is 4.56. The van der Waals surface area contributed by atoms with Gasteiger partial charge in [-0.15, -0.1) is 0 Å². The zero-order valence-electron chi connectivity index (χ0n) is 16.3. The first-order valence-electron chi connectivity index (χ1n) is 9.56. The molecule has 0 saturated heterocycles. The fraction of sp³-hybridized carbons (Fsp3) is 0.0400. The number of rotatable bonds is 5. The molecular weight excluding hydrogens is 418 g/mol. The number of amides is 1. The van der Waals surface area contributed by atoms with Crippen molar-refractivity contribution in [2.45, 2.75) is 6.54 Å². The van der Waals surface area contributed by atoms with Crippen LogP contribution >= 0.6 is 0 Å². The van der Waals surface area contributed by atoms with Gasteiger partial charge in [0.2, 0.25) is 0 Å². The molecule has 0 aliphatic carbocycles. The molecule has 0 radical (unpaired) electrons. The summed E-state index contributed by atoms with van der Waals surface area (Å²) in [5, 5.41) is 3.60. The maximum atomic E-state index is 13.1. The fourth-order valence-electron chi connectivity index (χ4n) is 3.18. The standard InChI is InChI=1S/C25H19ClF2N2O/c26-24-12-18(16-3-7-22(27)8-4-16)1-2-19(24)15-30-25(31)21-11-20(13-29-14-21)17-5-9-23(28)10-6-17/h1-14H,15,26H2,(H,30,31)/q+2. The van der Waals surface area contributed by atoms with Crippen LogP contribution in [-0.4, -0.2) is 10.9 Å². The third-order valence-electron chi connectivity index (χ3n) is 4.88. The fourth-order valence-corrected chi connectivity index (χ4v) is 3.47. The molecule has 1 aromatic heterocycles. The van der Waals surface area contributed by atoms with Crippen LogP contribution in [0.5, 0.6) is 0 Å². The molecule has 31 heavy (non-hydrogen) atoms. The highest BCUT2D eigenvalue weighted by molar-refractivity contribution is 5.95. The second-order valence-electron chi connectivity index (χ2n) is 7.00. The Balaban J connectivity index is 1.45. The van der Waals surface area contributed by atoms with Gasteiger partial charge in [-0.25, -0.2) is 8.78 Å². The molecule has 0 unspecified atom stereocenters. The number of hydrogen-bond donors (Lipinski definition) is 1. The summed E-state index contributed by atoms with van der Waals surface area (Å²) >= 11 is 4.53. The summed E-state index contributed by atoms with van der Waals surface area (Å²) < 4.78 is 26.3. The van der Waals surface area contributed by atoms with Gasteiger partial charge in [0.1, 0.15) is 11.6 Å². The maximum Gasteiger partial charge on any atom is 0.328 e. The van der Waals surface area contributed by atoms with E-state index >= 15 is 0 Å². The Hall–Kier alpha value is -3.57. The first-order chi connectivity index (χ1) is 15.0. The molecule has 0 aliphatic rings. The van der Waals surface area contributed by atoms with Crippen LogP contribution in [0.15, 0.2) is 85.2 Å². The van der Waals surface area contributed by atoms with Gasteiger partial charge in [-0.2, -0.15) is 0 Å². The third-order valence-corrected chi connectivity index (χ3v) is 5.30. The Morgan fingerprint density at radius 2 is 1.35 bits per heavy atom. The van der Waals surface area contributed by atoms with Crippen LogP contribution in [0.3, 0.4) is 0 Å². The Kier molecular flexibility index (Phi) is 6.05. The lowest BCUT2D eigenvalue weighted by molar-refractivity contribution is -0.290. The highest BCUT2D eigenvalue weighted by Gasteiger charge is 2.15. The number of hydrogen-bond acceptors (Lipinski definition) is 2. The van der Waals surface area contributed by atoms with Crippen LogP contribution in [0, 0.1) is 23.2 Å². The van der Waals surface area contributed by atoms with E-state index in [0.29, 0.717) is 12.1 Å². The normalized spacial score (nSPS) is 10.7. The van der Waals surface area contributed by atoms with Gasteiger partial charge in [-0.1, -0.05) is 30.3 Å². The zero-order chi connectivity index (χ0) is 21.8. The number of nitrogens with zero attached hydrogens (tertiary/aromatic N) is 1. The number of aromatic nitrogens is 1. The molecule has 0 fully saturated rings. The lowest BCUT2D eigenvalue weighted by Crippen LogP contribution is -2.23. The monoisotopic (exact) mass is 436 g/mol. The molecular formula is C25H19ClF2N2O+2. The van der Waals surface area contributed by atoms with Gasteiger partial charge < -0.3 is 5.32 Å². The van der Waals surface area contributed by atoms with Crippen molar-refractivity contribution in [3.63, 3.8) is 0 Å². The summed E-state index contributed by atoms with van der Waals surface area (Å²) in [6.45, 7) is 0.294. The minimum atomic E-state index is -0.321. The average molecular weight is 437 g/mol. The lowest BCUT2D eigenvalue weighted by atomic mass is 10.0. The molecule has 3 aromatic carbocycles. The summed E-state index contributed by atoms with van der Waals surface area (Å²) in [7, 11) is 0. The molecule has 0 spiro atoms. The number of pyridine rings is 1. The number of halogens is 3. The largest absolute Gasteiger partial charge is 0.347 e. The van der Waals surface area contributed by atoms with Gasteiger partial charge in [0, 0.05) is 29.6 Å². The Morgan fingerprint density at radius 3 is 1.97 bits per heavy atom. The molecule has 3 nitrogen and oxygen atoms in total. The highest BCUT2D eigenvalue weighted by Crippen LogP contribution is 2.24. The number of carbonyl (C=O) groups excluding carboxylic acids is 1.